The van der Waals surface area contributed by atoms with Crippen LogP contribution in [0.4, 0.5) is 5.69 Å². The minimum atomic E-state index is -0.592. The number of amides is 4. The monoisotopic (exact) mass is 362 g/mol. The van der Waals surface area contributed by atoms with Crippen molar-refractivity contribution in [3.05, 3.63) is 65.7 Å². The zero-order valence-corrected chi connectivity index (χ0v) is 14.1. The lowest BCUT2D eigenvalue weighted by Gasteiger charge is -2.13. The third-order valence-corrected chi connectivity index (χ3v) is 4.24. The number of para-hydroxylation sites is 1. The van der Waals surface area contributed by atoms with Crippen molar-refractivity contribution in [1.29, 1.82) is 0 Å². The highest BCUT2D eigenvalue weighted by molar-refractivity contribution is 6.23. The Hall–Kier alpha value is -3.81. The molecule has 1 N–H and O–H groups in total. The summed E-state index contributed by atoms with van der Waals surface area (Å²) in [5.74, 6) is -1.73. The number of anilines is 1. The highest BCUT2D eigenvalue weighted by Gasteiger charge is 2.36. The molecule has 0 unspecified atom stereocenters. The summed E-state index contributed by atoms with van der Waals surface area (Å²) in [5, 5.41) is 7.82. The van der Waals surface area contributed by atoms with Crippen molar-refractivity contribution in [2.75, 3.05) is 11.6 Å². The fourth-order valence-electron chi connectivity index (χ4n) is 3.00. The second-order valence-electron chi connectivity index (χ2n) is 6.05. The van der Waals surface area contributed by atoms with Gasteiger partial charge in [-0.3, -0.25) is 24.1 Å². The summed E-state index contributed by atoms with van der Waals surface area (Å²) >= 11 is 0. The molecule has 27 heavy (non-hydrogen) atoms. The average molecular weight is 362 g/mol. The summed E-state index contributed by atoms with van der Waals surface area (Å²) in [4.78, 5) is 49.9. The van der Waals surface area contributed by atoms with Gasteiger partial charge in [-0.2, -0.15) is 10.1 Å². The number of imide groups is 1. The van der Waals surface area contributed by atoms with Crippen LogP contribution < -0.4 is 10.3 Å². The SMILES string of the molecule is O=C(CN1C(=O)c2ccccc2C1=O)NC1=NN(c2ccccc2)C(=O)C1. The van der Waals surface area contributed by atoms with Gasteiger partial charge in [0.2, 0.25) is 5.91 Å². The van der Waals surface area contributed by atoms with Crippen LogP contribution in [-0.4, -0.2) is 40.9 Å². The Morgan fingerprint density at radius 2 is 1.52 bits per heavy atom. The highest BCUT2D eigenvalue weighted by atomic mass is 16.2. The maximum absolute atomic E-state index is 12.3. The van der Waals surface area contributed by atoms with E-state index in [-0.39, 0.29) is 29.3 Å². The molecule has 134 valence electrons. The minimum Gasteiger partial charge on any atom is -0.311 e. The zero-order valence-electron chi connectivity index (χ0n) is 14.1. The van der Waals surface area contributed by atoms with Crippen LogP contribution in [0.15, 0.2) is 59.7 Å². The van der Waals surface area contributed by atoms with Gasteiger partial charge >= 0.3 is 0 Å². The molecule has 8 heteroatoms. The molecule has 8 nitrogen and oxygen atoms in total. The van der Waals surface area contributed by atoms with Crippen molar-refractivity contribution < 1.29 is 19.2 Å². The van der Waals surface area contributed by atoms with Crippen LogP contribution in [-0.2, 0) is 9.59 Å². The molecule has 2 aromatic rings. The van der Waals surface area contributed by atoms with Crippen molar-refractivity contribution in [3.63, 3.8) is 0 Å². The highest BCUT2D eigenvalue weighted by Crippen LogP contribution is 2.22. The Balaban J connectivity index is 1.44. The van der Waals surface area contributed by atoms with E-state index in [4.69, 9.17) is 0 Å². The van der Waals surface area contributed by atoms with Gasteiger partial charge in [0.15, 0.2) is 0 Å². The fourth-order valence-corrected chi connectivity index (χ4v) is 3.00. The quantitative estimate of drug-likeness (QED) is 0.828. The van der Waals surface area contributed by atoms with E-state index in [0.29, 0.717) is 5.69 Å². The van der Waals surface area contributed by atoms with Crippen LogP contribution in [0.5, 0.6) is 0 Å². The number of hydrazone groups is 1. The lowest BCUT2D eigenvalue weighted by molar-refractivity contribution is -0.120. The van der Waals surface area contributed by atoms with Gasteiger partial charge in [0, 0.05) is 0 Å². The predicted molar refractivity (Wildman–Crippen MR) is 95.9 cm³/mol. The summed E-state index contributed by atoms with van der Waals surface area (Å²) in [6, 6.07) is 15.2. The molecule has 2 aromatic carbocycles. The van der Waals surface area contributed by atoms with Crippen molar-refractivity contribution in [2.24, 2.45) is 5.10 Å². The van der Waals surface area contributed by atoms with Crippen LogP contribution in [0.1, 0.15) is 27.1 Å². The van der Waals surface area contributed by atoms with Crippen LogP contribution in [0.3, 0.4) is 0 Å². The van der Waals surface area contributed by atoms with E-state index in [1.807, 2.05) is 6.07 Å². The average Bonchev–Trinajstić information content (AvgIpc) is 3.15. The predicted octanol–water partition coefficient (Wildman–Crippen LogP) is 1.15. The molecule has 4 amide bonds. The van der Waals surface area contributed by atoms with E-state index in [0.717, 1.165) is 4.90 Å². The van der Waals surface area contributed by atoms with E-state index in [9.17, 15) is 19.2 Å². The molecule has 2 aliphatic heterocycles. The molecule has 0 fully saturated rings. The number of fused-ring (bicyclic) bond motifs is 1. The third kappa shape index (κ3) is 2.97. The summed E-state index contributed by atoms with van der Waals surface area (Å²) in [6.07, 6.45) is -0.0667. The largest absolute Gasteiger partial charge is 0.311 e. The minimum absolute atomic E-state index is 0.0667. The van der Waals surface area contributed by atoms with Crippen molar-refractivity contribution in [2.45, 2.75) is 6.42 Å². The van der Waals surface area contributed by atoms with Crippen LogP contribution in [0.25, 0.3) is 0 Å². The maximum Gasteiger partial charge on any atom is 0.262 e. The van der Waals surface area contributed by atoms with Gasteiger partial charge in [-0.15, -0.1) is 0 Å². The first-order valence-electron chi connectivity index (χ1n) is 8.25. The van der Waals surface area contributed by atoms with Gasteiger partial charge in [-0.05, 0) is 24.3 Å². The Morgan fingerprint density at radius 3 is 2.15 bits per heavy atom. The summed E-state index contributed by atoms with van der Waals surface area (Å²) in [6.45, 7) is -0.440. The number of amidine groups is 1. The van der Waals surface area contributed by atoms with Gasteiger partial charge < -0.3 is 5.32 Å². The smallest absolute Gasteiger partial charge is 0.262 e. The number of hydrogen-bond acceptors (Lipinski definition) is 5. The van der Waals surface area contributed by atoms with Crippen molar-refractivity contribution in [1.82, 2.24) is 10.2 Å². The van der Waals surface area contributed by atoms with Crippen LogP contribution in [0.2, 0.25) is 0 Å². The fraction of sp³-hybridized carbons (Fsp3) is 0.105. The number of carbonyl (C=O) groups is 4. The molecule has 0 spiro atoms. The Bertz CT molecular complexity index is 965. The number of nitrogens with zero attached hydrogens (tertiary/aromatic N) is 3. The molecule has 4 rings (SSSR count). The summed E-state index contributed by atoms with van der Waals surface area (Å²) in [7, 11) is 0. The molecule has 2 aliphatic rings. The molecule has 0 bridgehead atoms. The molecule has 0 atom stereocenters. The number of rotatable bonds is 3. The first kappa shape index (κ1) is 16.6. The Kier molecular flexibility index (Phi) is 4.00. The van der Waals surface area contributed by atoms with E-state index in [1.165, 1.54) is 5.01 Å². The lowest BCUT2D eigenvalue weighted by Crippen LogP contribution is -2.42. The first-order valence-corrected chi connectivity index (χ1v) is 8.25. The molecule has 2 heterocycles. The van der Waals surface area contributed by atoms with Gasteiger partial charge in [-0.25, -0.2) is 0 Å². The molecular weight excluding hydrogens is 348 g/mol. The van der Waals surface area contributed by atoms with Crippen LogP contribution in [0, 0.1) is 0 Å². The van der Waals surface area contributed by atoms with E-state index >= 15 is 0 Å². The topological polar surface area (TPSA) is 99.2 Å². The molecule has 0 saturated carbocycles. The Labute approximate surface area is 154 Å². The molecular formula is C19H14N4O4. The van der Waals surface area contributed by atoms with E-state index in [1.54, 1.807) is 48.5 Å². The number of carbonyl (C=O) groups excluding carboxylic acids is 4. The van der Waals surface area contributed by atoms with Gasteiger partial charge in [0.05, 0.1) is 23.2 Å². The lowest BCUT2D eigenvalue weighted by atomic mass is 10.1. The molecule has 0 aliphatic carbocycles. The normalized spacial score (nSPS) is 15.9. The standard InChI is InChI=1S/C19H14N4O4/c24-16(11-22-18(26)13-8-4-5-9-14(13)19(22)27)20-15-10-17(25)23(21-15)12-6-2-1-3-7-12/h1-9H,10-11H2,(H,20,21,24). The number of nitrogens with one attached hydrogen (secondary N) is 1. The maximum atomic E-state index is 12.3. The Morgan fingerprint density at radius 1 is 0.926 bits per heavy atom. The summed E-state index contributed by atoms with van der Waals surface area (Å²) in [5.41, 5.74) is 1.14. The van der Waals surface area contributed by atoms with Crippen LogP contribution >= 0.6 is 0 Å². The second kappa shape index (κ2) is 6.49. The first-order chi connectivity index (χ1) is 13.0. The molecule has 0 saturated heterocycles. The number of hydrogen-bond donors (Lipinski definition) is 1. The van der Waals surface area contributed by atoms with Gasteiger partial charge in [0.1, 0.15) is 12.4 Å². The van der Waals surface area contributed by atoms with Gasteiger partial charge in [-0.1, -0.05) is 30.3 Å². The van der Waals surface area contributed by atoms with Crippen molar-refractivity contribution in [3.8, 4) is 0 Å². The van der Waals surface area contributed by atoms with Crippen molar-refractivity contribution >= 4 is 35.2 Å². The second-order valence-corrected chi connectivity index (χ2v) is 6.05. The van der Waals surface area contributed by atoms with Gasteiger partial charge in [0.25, 0.3) is 17.7 Å². The zero-order chi connectivity index (χ0) is 19.0. The molecule has 0 aromatic heterocycles. The van der Waals surface area contributed by atoms with E-state index in [2.05, 4.69) is 10.4 Å². The van der Waals surface area contributed by atoms with E-state index < -0.39 is 24.3 Å². The number of benzene rings is 2. The third-order valence-electron chi connectivity index (χ3n) is 4.24. The summed E-state index contributed by atoms with van der Waals surface area (Å²) < 4.78 is 0. The molecule has 0 radical (unpaired) electrons.